The predicted octanol–water partition coefficient (Wildman–Crippen LogP) is 2.16. The quantitative estimate of drug-likeness (QED) is 0.764. The second-order valence-electron chi connectivity index (χ2n) is 4.34. The van der Waals surface area contributed by atoms with Crippen molar-refractivity contribution in [1.29, 1.82) is 0 Å². The predicted molar refractivity (Wildman–Crippen MR) is 58.5 cm³/mol. The Morgan fingerprint density at radius 3 is 2.38 bits per heavy atom. The highest BCUT2D eigenvalue weighted by Gasteiger charge is 2.50. The third-order valence-electron chi connectivity index (χ3n) is 3.29. The van der Waals surface area contributed by atoms with E-state index < -0.39 is 21.0 Å². The molecule has 1 aliphatic carbocycles. The Morgan fingerprint density at radius 1 is 1.38 bits per heavy atom. The third-order valence-corrected chi connectivity index (χ3v) is 4.69. The summed E-state index contributed by atoms with van der Waals surface area (Å²) in [4.78, 5) is 0. The second kappa shape index (κ2) is 5.42. The van der Waals surface area contributed by atoms with Crippen LogP contribution >= 0.6 is 0 Å². The fourth-order valence-electron chi connectivity index (χ4n) is 2.32. The smallest absolute Gasteiger partial charge is 0.300 e. The van der Waals surface area contributed by atoms with E-state index in [1.165, 1.54) is 7.11 Å². The molecule has 96 valence electrons. The van der Waals surface area contributed by atoms with Crippen LogP contribution in [0.15, 0.2) is 0 Å². The van der Waals surface area contributed by atoms with Crippen LogP contribution in [-0.4, -0.2) is 31.7 Å². The molecule has 1 saturated carbocycles. The second-order valence-corrected chi connectivity index (χ2v) is 5.97. The molecule has 0 saturated heterocycles. The van der Waals surface area contributed by atoms with Crippen LogP contribution in [0.2, 0.25) is 0 Å². The Morgan fingerprint density at radius 2 is 1.94 bits per heavy atom. The van der Waals surface area contributed by atoms with Crippen LogP contribution in [0.25, 0.3) is 0 Å². The lowest BCUT2D eigenvalue weighted by Crippen LogP contribution is -2.43. The largest absolute Gasteiger partial charge is 0.385 e. The van der Waals surface area contributed by atoms with Crippen molar-refractivity contribution < 1.29 is 22.1 Å². The van der Waals surface area contributed by atoms with Crippen molar-refractivity contribution >= 4 is 10.1 Å². The highest BCUT2D eigenvalue weighted by Crippen LogP contribution is 2.40. The summed E-state index contributed by atoms with van der Waals surface area (Å²) in [6.45, 7) is -0.00715. The van der Waals surface area contributed by atoms with Gasteiger partial charge in [-0.2, -0.15) is 8.42 Å². The van der Waals surface area contributed by atoms with Gasteiger partial charge in [-0.15, -0.1) is 0 Å². The Bertz CT molecular complexity index is 311. The Labute approximate surface area is 95.9 Å². The average Bonchev–Trinajstić information content (AvgIpc) is 2.25. The van der Waals surface area contributed by atoms with E-state index in [4.69, 9.17) is 9.29 Å². The molecule has 1 atom stereocenters. The summed E-state index contributed by atoms with van der Waals surface area (Å²) in [5.74, 6) is -0.605. The normalized spacial score (nSPS) is 22.9. The van der Waals surface area contributed by atoms with Gasteiger partial charge in [0.15, 0.2) is 0 Å². The average molecular weight is 254 g/mol. The van der Waals surface area contributed by atoms with Crippen LogP contribution in [-0.2, 0) is 14.9 Å². The third kappa shape index (κ3) is 2.93. The Balaban J connectivity index is 2.84. The van der Waals surface area contributed by atoms with Gasteiger partial charge in [0.1, 0.15) is 0 Å². The zero-order valence-corrected chi connectivity index (χ0v) is 10.3. The van der Waals surface area contributed by atoms with E-state index in [9.17, 15) is 12.8 Å². The van der Waals surface area contributed by atoms with Crippen molar-refractivity contribution in [1.82, 2.24) is 0 Å². The number of alkyl halides is 1. The van der Waals surface area contributed by atoms with Crippen molar-refractivity contribution in [3.8, 4) is 0 Å². The molecule has 0 aromatic rings. The topological polar surface area (TPSA) is 63.6 Å². The first kappa shape index (κ1) is 13.9. The number of hydrogen-bond donors (Lipinski definition) is 1. The Hall–Kier alpha value is -0.200. The molecule has 0 amide bonds. The first-order valence-electron chi connectivity index (χ1n) is 5.56. The molecule has 0 heterocycles. The molecule has 1 rings (SSSR count). The van der Waals surface area contributed by atoms with Gasteiger partial charge in [0.05, 0.1) is 6.61 Å². The Kier molecular flexibility index (Phi) is 4.70. The SMILES string of the molecule is COCCC(F)(C1CCCCC1)S(=O)(=O)O. The van der Waals surface area contributed by atoms with Gasteiger partial charge in [-0.25, -0.2) is 4.39 Å². The molecular weight excluding hydrogens is 235 g/mol. The van der Waals surface area contributed by atoms with Crippen LogP contribution in [0.1, 0.15) is 38.5 Å². The fraction of sp³-hybridized carbons (Fsp3) is 1.00. The van der Waals surface area contributed by atoms with Crippen molar-refractivity contribution in [2.24, 2.45) is 5.92 Å². The van der Waals surface area contributed by atoms with Gasteiger partial charge in [0.2, 0.25) is 5.00 Å². The zero-order valence-electron chi connectivity index (χ0n) is 9.49. The van der Waals surface area contributed by atoms with Crippen molar-refractivity contribution in [2.45, 2.75) is 43.5 Å². The molecule has 1 unspecified atom stereocenters. The molecule has 0 aliphatic heterocycles. The number of halogens is 1. The maximum atomic E-state index is 14.5. The highest BCUT2D eigenvalue weighted by atomic mass is 32.2. The summed E-state index contributed by atoms with van der Waals surface area (Å²) in [6, 6.07) is 0. The van der Waals surface area contributed by atoms with Gasteiger partial charge in [-0.1, -0.05) is 19.3 Å². The molecule has 16 heavy (non-hydrogen) atoms. The van der Waals surface area contributed by atoms with E-state index in [1.807, 2.05) is 0 Å². The van der Waals surface area contributed by atoms with Crippen molar-refractivity contribution in [3.63, 3.8) is 0 Å². The van der Waals surface area contributed by atoms with Crippen LogP contribution in [0.4, 0.5) is 4.39 Å². The lowest BCUT2D eigenvalue weighted by Gasteiger charge is -2.33. The molecule has 1 aliphatic rings. The monoisotopic (exact) mass is 254 g/mol. The van der Waals surface area contributed by atoms with Crippen LogP contribution < -0.4 is 0 Å². The van der Waals surface area contributed by atoms with E-state index in [1.54, 1.807) is 0 Å². The maximum Gasteiger partial charge on any atom is 0.300 e. The maximum absolute atomic E-state index is 14.5. The van der Waals surface area contributed by atoms with Gasteiger partial charge in [0, 0.05) is 19.4 Å². The number of methoxy groups -OCH3 is 1. The molecule has 4 nitrogen and oxygen atoms in total. The lowest BCUT2D eigenvalue weighted by molar-refractivity contribution is 0.0782. The van der Waals surface area contributed by atoms with Gasteiger partial charge in [-0.05, 0) is 12.8 Å². The van der Waals surface area contributed by atoms with Gasteiger partial charge >= 0.3 is 10.1 Å². The number of ether oxygens (including phenoxy) is 1. The van der Waals surface area contributed by atoms with Gasteiger partial charge in [0.25, 0.3) is 0 Å². The minimum atomic E-state index is -4.68. The lowest BCUT2D eigenvalue weighted by atomic mass is 9.84. The standard InChI is InChI=1S/C10H19FO4S/c1-15-8-7-10(11,16(12,13)14)9-5-3-2-4-6-9/h9H,2-8H2,1H3,(H,12,13,14). The molecule has 0 aromatic carbocycles. The van der Waals surface area contributed by atoms with E-state index in [2.05, 4.69) is 0 Å². The summed E-state index contributed by atoms with van der Waals surface area (Å²) < 4.78 is 50.6. The highest BCUT2D eigenvalue weighted by molar-refractivity contribution is 7.87. The van der Waals surface area contributed by atoms with Crippen LogP contribution in [0.3, 0.4) is 0 Å². The molecular formula is C10H19FO4S. The molecule has 0 spiro atoms. The number of hydrogen-bond acceptors (Lipinski definition) is 3. The molecule has 1 N–H and O–H groups in total. The van der Waals surface area contributed by atoms with Crippen molar-refractivity contribution in [2.75, 3.05) is 13.7 Å². The van der Waals surface area contributed by atoms with E-state index in [0.717, 1.165) is 19.3 Å². The molecule has 0 bridgehead atoms. The van der Waals surface area contributed by atoms with Crippen LogP contribution in [0.5, 0.6) is 0 Å². The first-order chi connectivity index (χ1) is 7.42. The first-order valence-corrected chi connectivity index (χ1v) is 7.00. The van der Waals surface area contributed by atoms with Gasteiger partial charge < -0.3 is 4.74 Å². The summed E-state index contributed by atoms with van der Waals surface area (Å²) in [5, 5.41) is -2.54. The fourth-order valence-corrected chi connectivity index (χ4v) is 3.32. The van der Waals surface area contributed by atoms with Crippen molar-refractivity contribution in [3.05, 3.63) is 0 Å². The van der Waals surface area contributed by atoms with Crippen LogP contribution in [0, 0.1) is 5.92 Å². The minimum Gasteiger partial charge on any atom is -0.385 e. The summed E-state index contributed by atoms with van der Waals surface area (Å²) in [6.07, 6.45) is 3.37. The van der Waals surface area contributed by atoms with Gasteiger partial charge in [-0.3, -0.25) is 4.55 Å². The zero-order chi connectivity index (χ0) is 12.2. The minimum absolute atomic E-state index is 0.00715. The van der Waals surface area contributed by atoms with E-state index in [-0.39, 0.29) is 13.0 Å². The molecule has 0 radical (unpaired) electrons. The van der Waals surface area contributed by atoms with E-state index in [0.29, 0.717) is 12.8 Å². The van der Waals surface area contributed by atoms with E-state index >= 15 is 0 Å². The summed E-state index contributed by atoms with van der Waals surface area (Å²) >= 11 is 0. The molecule has 6 heteroatoms. The molecule has 1 fully saturated rings. The summed E-state index contributed by atoms with van der Waals surface area (Å²) in [7, 11) is -3.30. The summed E-state index contributed by atoms with van der Waals surface area (Å²) in [5.41, 5.74) is 0. The number of rotatable bonds is 5. The molecule has 0 aromatic heterocycles.